The molecule has 0 saturated heterocycles. The zero-order chi connectivity index (χ0) is 26.9. The minimum Gasteiger partial charge on any atom is -0.310 e. The Kier molecular flexibility index (Phi) is 6.28. The molecule has 0 aliphatic heterocycles. The van der Waals surface area contributed by atoms with Crippen molar-refractivity contribution in [2.45, 2.75) is 0 Å². The van der Waals surface area contributed by atoms with Gasteiger partial charge in [0.1, 0.15) is 0 Å². The highest BCUT2D eigenvalue weighted by atomic mass is 35.5. The van der Waals surface area contributed by atoms with E-state index in [2.05, 4.69) is 144 Å². The molecule has 0 aromatic heterocycles. The molecule has 0 fully saturated rings. The summed E-state index contributed by atoms with van der Waals surface area (Å²) in [5.41, 5.74) is 7.93. The Bertz CT molecular complexity index is 1850. The fraction of sp³-hybridized carbons (Fsp3) is 0. The first-order valence-corrected chi connectivity index (χ1v) is 13.9. The number of nitrogens with zero attached hydrogens (tertiary/aromatic N) is 1. The predicted octanol–water partition coefficient (Wildman–Crippen LogP) is 11.5. The van der Waals surface area contributed by atoms with Gasteiger partial charge in [-0.2, -0.15) is 0 Å². The van der Waals surface area contributed by atoms with Gasteiger partial charge in [-0.25, -0.2) is 0 Å². The summed E-state index contributed by atoms with van der Waals surface area (Å²) >= 11 is 6.92. The van der Waals surface area contributed by atoms with Gasteiger partial charge in [-0.05, 0) is 86.3 Å². The normalized spacial score (nSPS) is 11.1. The van der Waals surface area contributed by atoms with E-state index in [1.54, 1.807) is 0 Å². The number of halogens is 1. The van der Waals surface area contributed by atoms with E-state index in [0.29, 0.717) is 5.02 Å². The smallest absolute Gasteiger partial charge is 0.0482 e. The van der Waals surface area contributed by atoms with Crippen LogP contribution < -0.4 is 4.90 Å². The Hall–Kier alpha value is -4.85. The Morgan fingerprint density at radius 1 is 0.350 bits per heavy atom. The van der Waals surface area contributed by atoms with Crippen molar-refractivity contribution < 1.29 is 0 Å². The molecule has 0 spiro atoms. The third-order valence-corrected chi connectivity index (χ3v) is 7.67. The molecule has 0 atom stereocenters. The molecule has 0 bridgehead atoms. The van der Waals surface area contributed by atoms with E-state index >= 15 is 0 Å². The van der Waals surface area contributed by atoms with E-state index in [1.165, 1.54) is 38.2 Å². The molecule has 7 aromatic rings. The largest absolute Gasteiger partial charge is 0.310 e. The third-order valence-electron chi connectivity index (χ3n) is 7.45. The standard InChI is InChI=1S/C38H26ClN/c39-29-24-28(25-32(26-29)40(30-16-6-2-7-17-30)31-18-8-3-9-19-31)38-35-22-12-10-20-33(35)37(27-14-4-1-5-15-27)34-21-11-13-23-36(34)38/h1-26H. The van der Waals surface area contributed by atoms with Gasteiger partial charge in [-0.3, -0.25) is 0 Å². The fourth-order valence-corrected chi connectivity index (χ4v) is 6.03. The minimum atomic E-state index is 0.699. The third kappa shape index (κ3) is 4.31. The van der Waals surface area contributed by atoms with Crippen molar-refractivity contribution >= 4 is 50.2 Å². The molecule has 0 aliphatic rings. The van der Waals surface area contributed by atoms with E-state index in [0.717, 1.165) is 22.6 Å². The van der Waals surface area contributed by atoms with Crippen LogP contribution in [0.4, 0.5) is 17.1 Å². The molecule has 0 N–H and O–H groups in total. The van der Waals surface area contributed by atoms with Crippen LogP contribution in [0.3, 0.4) is 0 Å². The van der Waals surface area contributed by atoms with Gasteiger partial charge in [0.05, 0.1) is 0 Å². The van der Waals surface area contributed by atoms with E-state index in [9.17, 15) is 0 Å². The summed E-state index contributed by atoms with van der Waals surface area (Å²) in [4.78, 5) is 2.26. The summed E-state index contributed by atoms with van der Waals surface area (Å²) in [7, 11) is 0. The van der Waals surface area contributed by atoms with Gasteiger partial charge in [0, 0.05) is 22.1 Å². The first-order valence-electron chi connectivity index (χ1n) is 13.5. The number of hydrogen-bond acceptors (Lipinski definition) is 1. The van der Waals surface area contributed by atoms with Gasteiger partial charge in [-0.15, -0.1) is 0 Å². The van der Waals surface area contributed by atoms with Crippen LogP contribution in [0.15, 0.2) is 158 Å². The van der Waals surface area contributed by atoms with Crippen molar-refractivity contribution in [2.24, 2.45) is 0 Å². The molecule has 7 rings (SSSR count). The Labute approximate surface area is 239 Å². The van der Waals surface area contributed by atoms with Crippen molar-refractivity contribution in [1.29, 1.82) is 0 Å². The quantitative estimate of drug-likeness (QED) is 0.200. The monoisotopic (exact) mass is 531 g/mol. The maximum atomic E-state index is 6.92. The van der Waals surface area contributed by atoms with Crippen molar-refractivity contribution in [2.75, 3.05) is 4.90 Å². The molecule has 0 radical (unpaired) electrons. The molecule has 1 nitrogen and oxygen atoms in total. The molecule has 0 saturated carbocycles. The highest BCUT2D eigenvalue weighted by Gasteiger charge is 2.19. The Balaban J connectivity index is 1.53. The molecular formula is C38H26ClN. The topological polar surface area (TPSA) is 3.24 Å². The SMILES string of the molecule is Clc1cc(-c2c3ccccc3c(-c3ccccc3)c3ccccc23)cc(N(c2ccccc2)c2ccccc2)c1. The lowest BCUT2D eigenvalue weighted by Gasteiger charge is -2.26. The molecule has 2 heteroatoms. The van der Waals surface area contributed by atoms with Crippen LogP contribution in [0.5, 0.6) is 0 Å². The van der Waals surface area contributed by atoms with Crippen LogP contribution in [0.25, 0.3) is 43.8 Å². The Morgan fingerprint density at radius 2 is 0.750 bits per heavy atom. The second-order valence-electron chi connectivity index (χ2n) is 9.91. The van der Waals surface area contributed by atoms with Crippen LogP contribution in [-0.2, 0) is 0 Å². The molecule has 0 unspecified atom stereocenters. The van der Waals surface area contributed by atoms with E-state index in [4.69, 9.17) is 11.6 Å². The first-order chi connectivity index (χ1) is 19.8. The van der Waals surface area contributed by atoms with Crippen LogP contribution in [0, 0.1) is 0 Å². The number of hydrogen-bond donors (Lipinski definition) is 0. The average molecular weight is 532 g/mol. The lowest BCUT2D eigenvalue weighted by atomic mass is 9.86. The summed E-state index contributed by atoms with van der Waals surface area (Å²) in [6.45, 7) is 0. The Morgan fingerprint density at radius 3 is 1.23 bits per heavy atom. The zero-order valence-electron chi connectivity index (χ0n) is 21.8. The van der Waals surface area contributed by atoms with E-state index < -0.39 is 0 Å². The van der Waals surface area contributed by atoms with Gasteiger partial charge >= 0.3 is 0 Å². The fourth-order valence-electron chi connectivity index (χ4n) is 5.80. The molecule has 7 aromatic carbocycles. The second kappa shape index (κ2) is 10.4. The van der Waals surface area contributed by atoms with E-state index in [-0.39, 0.29) is 0 Å². The lowest BCUT2D eigenvalue weighted by molar-refractivity contribution is 1.28. The number of rotatable bonds is 5. The summed E-state index contributed by atoms with van der Waals surface area (Å²) in [6.07, 6.45) is 0. The summed E-state index contributed by atoms with van der Waals surface area (Å²) in [5.74, 6) is 0. The van der Waals surface area contributed by atoms with Gasteiger partial charge in [0.25, 0.3) is 0 Å². The van der Waals surface area contributed by atoms with Crippen LogP contribution >= 0.6 is 11.6 Å². The summed E-state index contributed by atoms with van der Waals surface area (Å²) < 4.78 is 0. The van der Waals surface area contributed by atoms with Crippen molar-refractivity contribution in [3.8, 4) is 22.3 Å². The summed E-state index contributed by atoms with van der Waals surface area (Å²) in [6, 6.07) is 55.4. The highest BCUT2D eigenvalue weighted by molar-refractivity contribution is 6.31. The molecule has 40 heavy (non-hydrogen) atoms. The van der Waals surface area contributed by atoms with Crippen LogP contribution in [0.1, 0.15) is 0 Å². The van der Waals surface area contributed by atoms with E-state index in [1.807, 2.05) is 18.2 Å². The minimum absolute atomic E-state index is 0.699. The van der Waals surface area contributed by atoms with Crippen LogP contribution in [-0.4, -0.2) is 0 Å². The van der Waals surface area contributed by atoms with Gasteiger partial charge in [-0.1, -0.05) is 127 Å². The molecule has 0 aliphatic carbocycles. The number of benzene rings is 7. The predicted molar refractivity (Wildman–Crippen MR) is 172 cm³/mol. The number of para-hydroxylation sites is 2. The molecule has 190 valence electrons. The van der Waals surface area contributed by atoms with Gasteiger partial charge < -0.3 is 4.90 Å². The van der Waals surface area contributed by atoms with Crippen molar-refractivity contribution in [1.82, 2.24) is 0 Å². The molecule has 0 heterocycles. The van der Waals surface area contributed by atoms with Gasteiger partial charge in [0.2, 0.25) is 0 Å². The highest BCUT2D eigenvalue weighted by Crippen LogP contribution is 2.45. The maximum absolute atomic E-state index is 6.92. The van der Waals surface area contributed by atoms with Gasteiger partial charge in [0.15, 0.2) is 0 Å². The number of fused-ring (bicyclic) bond motifs is 2. The molecular weight excluding hydrogens is 506 g/mol. The maximum Gasteiger partial charge on any atom is 0.0482 e. The van der Waals surface area contributed by atoms with Crippen molar-refractivity contribution in [3.63, 3.8) is 0 Å². The molecule has 0 amide bonds. The van der Waals surface area contributed by atoms with Crippen molar-refractivity contribution in [3.05, 3.63) is 163 Å². The number of anilines is 3. The lowest BCUT2D eigenvalue weighted by Crippen LogP contribution is -2.09. The van der Waals surface area contributed by atoms with Crippen LogP contribution in [0.2, 0.25) is 5.02 Å². The summed E-state index contributed by atoms with van der Waals surface area (Å²) in [5, 5.41) is 5.57. The zero-order valence-corrected chi connectivity index (χ0v) is 22.6. The first kappa shape index (κ1) is 24.2. The second-order valence-corrected chi connectivity index (χ2v) is 10.3. The average Bonchev–Trinajstić information content (AvgIpc) is 3.01.